The zero-order valence-electron chi connectivity index (χ0n) is 11.5. The Morgan fingerprint density at radius 2 is 1.95 bits per heavy atom. The van der Waals surface area contributed by atoms with E-state index < -0.39 is 5.97 Å². The molecule has 0 radical (unpaired) electrons. The molecule has 19 heavy (non-hydrogen) atoms. The van der Waals surface area contributed by atoms with Crippen LogP contribution in [0.1, 0.15) is 37.0 Å². The molecule has 5 heteroatoms. The van der Waals surface area contributed by atoms with E-state index in [-0.39, 0.29) is 17.6 Å². The topological polar surface area (TPSA) is 69.6 Å². The van der Waals surface area contributed by atoms with E-state index >= 15 is 0 Å². The number of carboxylic acids is 1. The van der Waals surface area contributed by atoms with E-state index in [2.05, 4.69) is 5.32 Å². The second-order valence-corrected chi connectivity index (χ2v) is 4.40. The molecule has 104 valence electrons. The summed E-state index contributed by atoms with van der Waals surface area (Å²) in [7, 11) is 1.74. The van der Waals surface area contributed by atoms with Gasteiger partial charge in [-0.25, -0.2) is 9.59 Å². The number of hydrogen-bond donors (Lipinski definition) is 2. The highest BCUT2D eigenvalue weighted by atomic mass is 16.4. The Morgan fingerprint density at radius 3 is 2.47 bits per heavy atom. The number of nitrogens with one attached hydrogen (secondary N) is 1. The lowest BCUT2D eigenvalue weighted by atomic mass is 10.1. The van der Waals surface area contributed by atoms with E-state index in [1.54, 1.807) is 24.1 Å². The van der Waals surface area contributed by atoms with Gasteiger partial charge >= 0.3 is 12.0 Å². The van der Waals surface area contributed by atoms with Gasteiger partial charge in [0.15, 0.2) is 0 Å². The summed E-state index contributed by atoms with van der Waals surface area (Å²) in [5.41, 5.74) is 0.644. The number of amides is 2. The number of anilines is 1. The zero-order valence-corrected chi connectivity index (χ0v) is 11.5. The minimum atomic E-state index is -1.01. The van der Waals surface area contributed by atoms with Crippen LogP contribution < -0.4 is 5.32 Å². The van der Waals surface area contributed by atoms with Gasteiger partial charge in [0, 0.05) is 18.8 Å². The van der Waals surface area contributed by atoms with Crippen LogP contribution in [0, 0.1) is 0 Å². The molecule has 0 aliphatic rings. The molecule has 0 unspecified atom stereocenters. The zero-order chi connectivity index (χ0) is 14.4. The number of nitrogens with zero attached hydrogens (tertiary/aromatic N) is 1. The van der Waals surface area contributed by atoms with E-state index in [4.69, 9.17) is 5.11 Å². The quantitative estimate of drug-likeness (QED) is 0.858. The SMILES string of the molecule is CCC(CC)N(C)C(=O)Nc1cccc(C(=O)O)c1. The first-order chi connectivity index (χ1) is 8.99. The summed E-state index contributed by atoms with van der Waals surface area (Å²) in [4.78, 5) is 24.5. The first-order valence-electron chi connectivity index (χ1n) is 6.36. The molecule has 0 saturated heterocycles. The normalized spacial score (nSPS) is 10.3. The third-order valence-corrected chi connectivity index (χ3v) is 3.17. The number of benzene rings is 1. The van der Waals surface area contributed by atoms with E-state index in [1.807, 2.05) is 13.8 Å². The number of hydrogen-bond acceptors (Lipinski definition) is 2. The first kappa shape index (κ1) is 15.0. The van der Waals surface area contributed by atoms with Crippen LogP contribution in [-0.4, -0.2) is 35.1 Å². The summed E-state index contributed by atoms with van der Waals surface area (Å²) in [6.07, 6.45) is 1.77. The molecule has 0 heterocycles. The van der Waals surface area contributed by atoms with Gasteiger partial charge < -0.3 is 15.3 Å². The lowest BCUT2D eigenvalue weighted by Crippen LogP contribution is -2.39. The van der Waals surface area contributed by atoms with E-state index in [9.17, 15) is 9.59 Å². The highest BCUT2D eigenvalue weighted by Gasteiger charge is 2.16. The molecule has 0 aromatic heterocycles. The molecule has 1 aromatic carbocycles. The van der Waals surface area contributed by atoms with Crippen molar-refractivity contribution in [3.63, 3.8) is 0 Å². The Kier molecular flexibility index (Phi) is 5.36. The van der Waals surface area contributed by atoms with Crippen LogP contribution in [0.15, 0.2) is 24.3 Å². The highest BCUT2D eigenvalue weighted by molar-refractivity contribution is 5.93. The van der Waals surface area contributed by atoms with Crippen molar-refractivity contribution in [1.82, 2.24) is 4.90 Å². The van der Waals surface area contributed by atoms with E-state index in [0.29, 0.717) is 5.69 Å². The number of carbonyl (C=O) groups excluding carboxylic acids is 1. The first-order valence-corrected chi connectivity index (χ1v) is 6.36. The molecule has 0 saturated carbocycles. The van der Waals surface area contributed by atoms with Crippen LogP contribution in [0.4, 0.5) is 10.5 Å². The average molecular weight is 264 g/mol. The lowest BCUT2D eigenvalue weighted by molar-refractivity contribution is 0.0697. The van der Waals surface area contributed by atoms with Crippen molar-refractivity contribution in [2.45, 2.75) is 32.7 Å². The lowest BCUT2D eigenvalue weighted by Gasteiger charge is -2.26. The summed E-state index contributed by atoms with van der Waals surface area (Å²) in [6, 6.07) is 6.17. The van der Waals surface area contributed by atoms with Crippen molar-refractivity contribution in [2.24, 2.45) is 0 Å². The Balaban J connectivity index is 2.76. The molecule has 5 nitrogen and oxygen atoms in total. The highest BCUT2D eigenvalue weighted by Crippen LogP contribution is 2.13. The summed E-state index contributed by atoms with van der Waals surface area (Å²) in [5.74, 6) is -1.01. The van der Waals surface area contributed by atoms with Crippen molar-refractivity contribution in [1.29, 1.82) is 0 Å². The average Bonchev–Trinajstić information content (AvgIpc) is 2.40. The standard InChI is InChI=1S/C14H20N2O3/c1-4-12(5-2)16(3)14(19)15-11-8-6-7-10(9-11)13(17)18/h6-9,12H,4-5H2,1-3H3,(H,15,19)(H,17,18). The molecule has 1 aromatic rings. The Labute approximate surface area is 113 Å². The molecule has 0 bridgehead atoms. The van der Waals surface area contributed by atoms with Crippen molar-refractivity contribution in [2.75, 3.05) is 12.4 Å². The van der Waals surface area contributed by atoms with Crippen LogP contribution in [0.25, 0.3) is 0 Å². The summed E-state index contributed by atoms with van der Waals surface area (Å²) >= 11 is 0. The van der Waals surface area contributed by atoms with Crippen LogP contribution in [0.5, 0.6) is 0 Å². The van der Waals surface area contributed by atoms with Crippen molar-refractivity contribution >= 4 is 17.7 Å². The van der Waals surface area contributed by atoms with Crippen LogP contribution in [0.2, 0.25) is 0 Å². The molecule has 2 N–H and O–H groups in total. The summed E-state index contributed by atoms with van der Waals surface area (Å²) in [5, 5.41) is 11.6. The second kappa shape index (κ2) is 6.78. The van der Waals surface area contributed by atoms with Crippen molar-refractivity contribution in [3.8, 4) is 0 Å². The maximum absolute atomic E-state index is 12.0. The molecule has 0 aliphatic carbocycles. The van der Waals surface area contributed by atoms with Crippen LogP contribution in [0.3, 0.4) is 0 Å². The van der Waals surface area contributed by atoms with Gasteiger partial charge in [-0.3, -0.25) is 0 Å². The number of carbonyl (C=O) groups is 2. The van der Waals surface area contributed by atoms with E-state index in [1.165, 1.54) is 12.1 Å². The predicted octanol–water partition coefficient (Wildman–Crippen LogP) is 3.04. The number of rotatable bonds is 5. The fourth-order valence-corrected chi connectivity index (χ4v) is 1.94. The van der Waals surface area contributed by atoms with Crippen molar-refractivity contribution < 1.29 is 14.7 Å². The maximum atomic E-state index is 12.0. The van der Waals surface area contributed by atoms with Gasteiger partial charge in [0.05, 0.1) is 5.56 Å². The van der Waals surface area contributed by atoms with Crippen LogP contribution >= 0.6 is 0 Å². The van der Waals surface area contributed by atoms with Crippen LogP contribution in [-0.2, 0) is 0 Å². The van der Waals surface area contributed by atoms with Crippen molar-refractivity contribution in [3.05, 3.63) is 29.8 Å². The maximum Gasteiger partial charge on any atom is 0.335 e. The molecule has 0 spiro atoms. The predicted molar refractivity (Wildman–Crippen MR) is 74.6 cm³/mol. The number of aromatic carboxylic acids is 1. The summed E-state index contributed by atoms with van der Waals surface area (Å²) < 4.78 is 0. The smallest absolute Gasteiger partial charge is 0.335 e. The minimum Gasteiger partial charge on any atom is -0.478 e. The molecular weight excluding hydrogens is 244 g/mol. The third-order valence-electron chi connectivity index (χ3n) is 3.17. The fourth-order valence-electron chi connectivity index (χ4n) is 1.94. The van der Waals surface area contributed by atoms with Gasteiger partial charge in [-0.1, -0.05) is 19.9 Å². The Hall–Kier alpha value is -2.04. The second-order valence-electron chi connectivity index (χ2n) is 4.40. The Morgan fingerprint density at radius 1 is 1.32 bits per heavy atom. The molecule has 0 aliphatic heterocycles. The summed E-state index contributed by atoms with van der Waals surface area (Å²) in [6.45, 7) is 4.06. The van der Waals surface area contributed by atoms with Gasteiger partial charge in [-0.2, -0.15) is 0 Å². The van der Waals surface area contributed by atoms with Gasteiger partial charge in [-0.15, -0.1) is 0 Å². The molecule has 0 fully saturated rings. The Bertz CT molecular complexity index is 456. The number of urea groups is 1. The molecule has 1 rings (SSSR count). The van der Waals surface area contributed by atoms with E-state index in [0.717, 1.165) is 12.8 Å². The number of carboxylic acid groups (broad SMARTS) is 1. The van der Waals surface area contributed by atoms with Gasteiger partial charge in [-0.05, 0) is 31.0 Å². The molecule has 0 atom stereocenters. The minimum absolute atomic E-state index is 0.156. The van der Waals surface area contributed by atoms with Gasteiger partial charge in [0.25, 0.3) is 0 Å². The van der Waals surface area contributed by atoms with Gasteiger partial charge in [0.1, 0.15) is 0 Å². The molecular formula is C14H20N2O3. The monoisotopic (exact) mass is 264 g/mol. The van der Waals surface area contributed by atoms with Gasteiger partial charge in [0.2, 0.25) is 0 Å². The fraction of sp³-hybridized carbons (Fsp3) is 0.429. The molecule has 2 amide bonds. The third kappa shape index (κ3) is 3.98. The largest absolute Gasteiger partial charge is 0.478 e.